The third-order valence-electron chi connectivity index (χ3n) is 3.38. The van der Waals surface area contributed by atoms with E-state index in [1.807, 2.05) is 13.0 Å². The molecular formula is C14H16N4O2S. The Bertz CT molecular complexity index is 816. The predicted molar refractivity (Wildman–Crippen MR) is 77.9 cm³/mol. The average Bonchev–Trinajstić information content (AvgIpc) is 2.76. The Kier molecular flexibility index (Phi) is 4.11. The van der Waals surface area contributed by atoms with E-state index < -0.39 is 10.0 Å². The maximum absolute atomic E-state index is 12.3. The second-order valence-electron chi connectivity index (χ2n) is 4.80. The number of nitrogens with one attached hydrogen (secondary N) is 1. The van der Waals surface area contributed by atoms with Crippen LogP contribution in [0.5, 0.6) is 0 Å². The van der Waals surface area contributed by atoms with Crippen molar-refractivity contribution in [3.63, 3.8) is 0 Å². The zero-order chi connectivity index (χ0) is 15.6. The Hall–Kier alpha value is -2.17. The Morgan fingerprint density at radius 2 is 2.10 bits per heavy atom. The van der Waals surface area contributed by atoms with Gasteiger partial charge in [0.2, 0.25) is 10.0 Å². The van der Waals surface area contributed by atoms with Crippen molar-refractivity contribution in [1.29, 1.82) is 5.26 Å². The monoisotopic (exact) mass is 304 g/mol. The molecule has 0 aliphatic carbocycles. The Morgan fingerprint density at radius 3 is 2.62 bits per heavy atom. The Balaban J connectivity index is 2.23. The van der Waals surface area contributed by atoms with Crippen molar-refractivity contribution in [2.75, 3.05) is 0 Å². The molecule has 2 rings (SSSR count). The van der Waals surface area contributed by atoms with E-state index >= 15 is 0 Å². The number of sulfonamides is 1. The summed E-state index contributed by atoms with van der Waals surface area (Å²) >= 11 is 0. The van der Waals surface area contributed by atoms with Crippen LogP contribution >= 0.6 is 0 Å². The summed E-state index contributed by atoms with van der Waals surface area (Å²) in [4.78, 5) is 0.183. The summed E-state index contributed by atoms with van der Waals surface area (Å²) in [6.07, 6.45) is 1.64. The van der Waals surface area contributed by atoms with Crippen LogP contribution in [-0.2, 0) is 23.6 Å². The molecular weight excluding hydrogens is 288 g/mol. The molecule has 1 aromatic carbocycles. The van der Waals surface area contributed by atoms with Gasteiger partial charge in [0, 0.05) is 24.8 Å². The molecule has 0 aliphatic rings. The zero-order valence-corrected chi connectivity index (χ0v) is 12.9. The predicted octanol–water partition coefficient (Wildman–Crippen LogP) is 1.39. The van der Waals surface area contributed by atoms with Gasteiger partial charge in [-0.1, -0.05) is 0 Å². The minimum absolute atomic E-state index is 0.182. The van der Waals surface area contributed by atoms with Crippen molar-refractivity contribution in [2.24, 2.45) is 7.05 Å². The normalized spacial score (nSPS) is 11.3. The van der Waals surface area contributed by atoms with Crippen molar-refractivity contribution in [3.8, 4) is 6.07 Å². The summed E-state index contributed by atoms with van der Waals surface area (Å²) in [7, 11) is -1.81. The van der Waals surface area contributed by atoms with E-state index in [1.54, 1.807) is 30.9 Å². The molecule has 0 fully saturated rings. The SMILES string of the molecule is Cc1cc(C#N)ccc1S(=O)(=O)NCc1cnn(C)c1C. The molecule has 0 bridgehead atoms. The molecule has 0 amide bonds. The number of benzene rings is 1. The summed E-state index contributed by atoms with van der Waals surface area (Å²) < 4.78 is 28.9. The number of hydrogen-bond acceptors (Lipinski definition) is 4. The van der Waals surface area contributed by atoms with Crippen molar-refractivity contribution in [3.05, 3.63) is 46.8 Å². The highest BCUT2D eigenvalue weighted by Gasteiger charge is 2.17. The lowest BCUT2D eigenvalue weighted by Crippen LogP contribution is -2.24. The lowest BCUT2D eigenvalue weighted by atomic mass is 10.2. The Labute approximate surface area is 124 Å². The minimum atomic E-state index is -3.62. The maximum atomic E-state index is 12.3. The second-order valence-corrected chi connectivity index (χ2v) is 6.53. The van der Waals surface area contributed by atoms with E-state index in [1.165, 1.54) is 12.1 Å². The fraction of sp³-hybridized carbons (Fsp3) is 0.286. The smallest absolute Gasteiger partial charge is 0.241 e. The molecule has 6 nitrogen and oxygen atoms in total. The molecule has 1 N–H and O–H groups in total. The van der Waals surface area contributed by atoms with Gasteiger partial charge in [0.05, 0.1) is 22.7 Å². The van der Waals surface area contributed by atoms with Crippen LogP contribution in [0.3, 0.4) is 0 Å². The average molecular weight is 304 g/mol. The van der Waals surface area contributed by atoms with Crippen molar-refractivity contribution < 1.29 is 8.42 Å². The first-order valence-electron chi connectivity index (χ1n) is 6.33. The van der Waals surface area contributed by atoms with Crippen molar-refractivity contribution in [1.82, 2.24) is 14.5 Å². The van der Waals surface area contributed by atoms with E-state index in [9.17, 15) is 8.42 Å². The standard InChI is InChI=1S/C14H16N4O2S/c1-10-6-12(7-15)4-5-14(10)21(19,20)17-9-13-8-16-18(3)11(13)2/h4-6,8,17H,9H2,1-3H3. The molecule has 0 saturated carbocycles. The summed E-state index contributed by atoms with van der Waals surface area (Å²) in [6.45, 7) is 3.73. The van der Waals surface area contributed by atoms with Crippen molar-refractivity contribution in [2.45, 2.75) is 25.3 Å². The topological polar surface area (TPSA) is 87.8 Å². The lowest BCUT2D eigenvalue weighted by molar-refractivity contribution is 0.580. The third-order valence-corrected chi connectivity index (χ3v) is 4.94. The first kappa shape index (κ1) is 15.2. The van der Waals surface area contributed by atoms with Crippen LogP contribution in [0.4, 0.5) is 0 Å². The van der Waals surface area contributed by atoms with Gasteiger partial charge < -0.3 is 0 Å². The van der Waals surface area contributed by atoms with Gasteiger partial charge in [0.15, 0.2) is 0 Å². The van der Waals surface area contributed by atoms with Crippen LogP contribution in [0.2, 0.25) is 0 Å². The van der Waals surface area contributed by atoms with Crippen LogP contribution in [0.1, 0.15) is 22.4 Å². The van der Waals surface area contributed by atoms with Crippen LogP contribution in [0.25, 0.3) is 0 Å². The van der Waals surface area contributed by atoms with Gasteiger partial charge in [-0.25, -0.2) is 13.1 Å². The zero-order valence-electron chi connectivity index (χ0n) is 12.1. The van der Waals surface area contributed by atoms with Gasteiger partial charge in [-0.05, 0) is 37.6 Å². The summed E-state index contributed by atoms with van der Waals surface area (Å²) in [6, 6.07) is 6.50. The first-order valence-corrected chi connectivity index (χ1v) is 7.81. The first-order chi connectivity index (χ1) is 9.85. The van der Waals surface area contributed by atoms with E-state index in [2.05, 4.69) is 9.82 Å². The highest BCUT2D eigenvalue weighted by atomic mass is 32.2. The quantitative estimate of drug-likeness (QED) is 0.924. The molecule has 0 radical (unpaired) electrons. The molecule has 7 heteroatoms. The fourth-order valence-corrected chi connectivity index (χ4v) is 3.22. The number of hydrogen-bond donors (Lipinski definition) is 1. The molecule has 0 spiro atoms. The largest absolute Gasteiger partial charge is 0.273 e. The number of nitriles is 1. The number of nitrogens with zero attached hydrogens (tertiary/aromatic N) is 3. The van der Waals surface area contributed by atoms with E-state index in [0.29, 0.717) is 11.1 Å². The van der Waals surface area contributed by atoms with Gasteiger partial charge in [-0.15, -0.1) is 0 Å². The minimum Gasteiger partial charge on any atom is -0.273 e. The molecule has 0 aliphatic heterocycles. The highest BCUT2D eigenvalue weighted by molar-refractivity contribution is 7.89. The molecule has 0 saturated heterocycles. The molecule has 21 heavy (non-hydrogen) atoms. The molecule has 0 atom stereocenters. The summed E-state index contributed by atoms with van der Waals surface area (Å²) in [5, 5.41) is 12.9. The van der Waals surface area contributed by atoms with Crippen LogP contribution in [0, 0.1) is 25.2 Å². The second kappa shape index (κ2) is 5.68. The van der Waals surface area contributed by atoms with Gasteiger partial charge >= 0.3 is 0 Å². The van der Waals surface area contributed by atoms with Crippen LogP contribution in [0.15, 0.2) is 29.3 Å². The van der Waals surface area contributed by atoms with E-state index in [4.69, 9.17) is 5.26 Å². The third kappa shape index (κ3) is 3.12. The van der Waals surface area contributed by atoms with Gasteiger partial charge in [0.1, 0.15) is 0 Å². The fourth-order valence-electron chi connectivity index (χ4n) is 1.99. The Morgan fingerprint density at radius 1 is 1.38 bits per heavy atom. The number of aromatic nitrogens is 2. The molecule has 2 aromatic rings. The van der Waals surface area contributed by atoms with Gasteiger partial charge in [-0.3, -0.25) is 4.68 Å². The van der Waals surface area contributed by atoms with E-state index in [-0.39, 0.29) is 11.4 Å². The molecule has 0 unspecified atom stereocenters. The van der Waals surface area contributed by atoms with Gasteiger partial charge in [-0.2, -0.15) is 10.4 Å². The summed E-state index contributed by atoms with van der Waals surface area (Å²) in [5.41, 5.74) is 2.72. The van der Waals surface area contributed by atoms with Crippen molar-refractivity contribution >= 4 is 10.0 Å². The number of rotatable bonds is 4. The van der Waals surface area contributed by atoms with Gasteiger partial charge in [0.25, 0.3) is 0 Å². The summed E-state index contributed by atoms with van der Waals surface area (Å²) in [5.74, 6) is 0. The van der Waals surface area contributed by atoms with Crippen LogP contribution < -0.4 is 4.72 Å². The maximum Gasteiger partial charge on any atom is 0.241 e. The van der Waals surface area contributed by atoms with Crippen LogP contribution in [-0.4, -0.2) is 18.2 Å². The van der Waals surface area contributed by atoms with E-state index in [0.717, 1.165) is 11.3 Å². The molecule has 110 valence electrons. The highest BCUT2D eigenvalue weighted by Crippen LogP contribution is 2.17. The molecule has 1 aromatic heterocycles. The molecule has 1 heterocycles. The number of aryl methyl sites for hydroxylation is 2. The lowest BCUT2D eigenvalue weighted by Gasteiger charge is -2.09.